The largest absolute Gasteiger partial charge is 0.305 e. The van der Waals surface area contributed by atoms with Gasteiger partial charge in [0.05, 0.1) is 5.69 Å². The minimum atomic E-state index is 0.254. The first-order valence-corrected chi connectivity index (χ1v) is 8.66. The second-order valence-electron chi connectivity index (χ2n) is 5.58. The molecule has 1 unspecified atom stereocenters. The van der Waals surface area contributed by atoms with Crippen LogP contribution >= 0.6 is 22.9 Å². The fourth-order valence-electron chi connectivity index (χ4n) is 2.52. The highest BCUT2D eigenvalue weighted by Crippen LogP contribution is 2.26. The molecule has 6 heteroatoms. The maximum atomic E-state index is 5.93. The van der Waals surface area contributed by atoms with E-state index in [2.05, 4.69) is 28.5 Å². The summed E-state index contributed by atoms with van der Waals surface area (Å²) in [5, 5.41) is 9.69. The lowest BCUT2D eigenvalue weighted by Gasteiger charge is -2.11. The Bertz CT molecular complexity index is 791. The summed E-state index contributed by atoms with van der Waals surface area (Å²) >= 11 is 7.63. The first kappa shape index (κ1) is 16.2. The van der Waals surface area contributed by atoms with Crippen molar-refractivity contribution in [3.8, 4) is 10.6 Å². The van der Waals surface area contributed by atoms with E-state index in [0.717, 1.165) is 27.8 Å². The third-order valence-corrected chi connectivity index (χ3v) is 5.04. The molecule has 0 spiro atoms. The molecule has 120 valence electrons. The van der Waals surface area contributed by atoms with Crippen molar-refractivity contribution in [3.63, 3.8) is 0 Å². The monoisotopic (exact) mass is 346 g/mol. The number of rotatable bonds is 5. The van der Waals surface area contributed by atoms with Crippen LogP contribution in [-0.2, 0) is 13.6 Å². The van der Waals surface area contributed by atoms with Gasteiger partial charge in [-0.05, 0) is 26.0 Å². The van der Waals surface area contributed by atoms with Crippen molar-refractivity contribution >= 4 is 22.9 Å². The predicted octanol–water partition coefficient (Wildman–Crippen LogP) is 4.36. The van der Waals surface area contributed by atoms with Crippen molar-refractivity contribution in [1.29, 1.82) is 0 Å². The normalized spacial score (nSPS) is 12.5. The average Bonchev–Trinajstić information content (AvgIpc) is 3.12. The van der Waals surface area contributed by atoms with Gasteiger partial charge in [-0.25, -0.2) is 4.98 Å². The van der Waals surface area contributed by atoms with Crippen LogP contribution in [-0.4, -0.2) is 14.8 Å². The Labute approximate surface area is 145 Å². The second-order valence-corrected chi connectivity index (χ2v) is 7.14. The molecule has 1 atom stereocenters. The van der Waals surface area contributed by atoms with E-state index in [0.29, 0.717) is 0 Å². The fraction of sp³-hybridized carbons (Fsp3) is 0.294. The van der Waals surface area contributed by atoms with Crippen LogP contribution in [0.3, 0.4) is 0 Å². The number of nitrogens with zero attached hydrogens (tertiary/aromatic N) is 3. The van der Waals surface area contributed by atoms with E-state index in [4.69, 9.17) is 11.6 Å². The van der Waals surface area contributed by atoms with Crippen LogP contribution in [0.25, 0.3) is 10.6 Å². The lowest BCUT2D eigenvalue weighted by atomic mass is 10.1. The number of aromatic nitrogens is 3. The van der Waals surface area contributed by atoms with Crippen molar-refractivity contribution < 1.29 is 0 Å². The first-order chi connectivity index (χ1) is 11.0. The highest BCUT2D eigenvalue weighted by molar-refractivity contribution is 7.15. The lowest BCUT2D eigenvalue weighted by Crippen LogP contribution is -2.17. The summed E-state index contributed by atoms with van der Waals surface area (Å²) in [4.78, 5) is 5.72. The standard InChI is InChI=1S/C17H19ClN4S/c1-11(16-10-22(3)21-12(16)2)19-8-15-9-20-17(23-15)13-4-6-14(18)7-5-13/h4-7,9-11,19H,8H2,1-3H3. The summed E-state index contributed by atoms with van der Waals surface area (Å²) in [6.07, 6.45) is 4.00. The zero-order chi connectivity index (χ0) is 16.4. The zero-order valence-electron chi connectivity index (χ0n) is 13.4. The van der Waals surface area contributed by atoms with Gasteiger partial charge in [0.1, 0.15) is 5.01 Å². The SMILES string of the molecule is Cc1nn(C)cc1C(C)NCc1cnc(-c2ccc(Cl)cc2)s1. The van der Waals surface area contributed by atoms with Gasteiger partial charge in [0.2, 0.25) is 0 Å². The van der Waals surface area contributed by atoms with E-state index in [9.17, 15) is 0 Å². The van der Waals surface area contributed by atoms with Crippen molar-refractivity contribution in [1.82, 2.24) is 20.1 Å². The molecule has 0 saturated heterocycles. The highest BCUT2D eigenvalue weighted by atomic mass is 35.5. The Morgan fingerprint density at radius 2 is 2.04 bits per heavy atom. The molecule has 3 aromatic rings. The topological polar surface area (TPSA) is 42.7 Å². The molecule has 2 heterocycles. The smallest absolute Gasteiger partial charge is 0.123 e. The van der Waals surface area contributed by atoms with Gasteiger partial charge in [-0.15, -0.1) is 11.3 Å². The summed E-state index contributed by atoms with van der Waals surface area (Å²) in [5.74, 6) is 0. The van der Waals surface area contributed by atoms with Crippen molar-refractivity contribution in [2.45, 2.75) is 26.4 Å². The van der Waals surface area contributed by atoms with Crippen LogP contribution in [0.5, 0.6) is 0 Å². The number of halogens is 1. The minimum absolute atomic E-state index is 0.254. The molecule has 1 N–H and O–H groups in total. The summed E-state index contributed by atoms with van der Waals surface area (Å²) in [6, 6.07) is 8.04. The Hall–Kier alpha value is -1.69. The molecule has 0 amide bonds. The van der Waals surface area contributed by atoms with E-state index in [1.807, 2.05) is 49.1 Å². The van der Waals surface area contributed by atoms with E-state index < -0.39 is 0 Å². The molecule has 0 saturated carbocycles. The quantitative estimate of drug-likeness (QED) is 0.746. The number of aryl methyl sites for hydroxylation is 2. The number of thiazole rings is 1. The summed E-state index contributed by atoms with van der Waals surface area (Å²) in [6.45, 7) is 4.99. The summed E-state index contributed by atoms with van der Waals surface area (Å²) < 4.78 is 1.86. The zero-order valence-corrected chi connectivity index (χ0v) is 14.9. The van der Waals surface area contributed by atoms with Gasteiger partial charge in [0.15, 0.2) is 0 Å². The number of benzene rings is 1. The third kappa shape index (κ3) is 3.80. The van der Waals surface area contributed by atoms with Crippen LogP contribution in [0, 0.1) is 6.92 Å². The molecule has 2 aromatic heterocycles. The van der Waals surface area contributed by atoms with E-state index >= 15 is 0 Å². The summed E-state index contributed by atoms with van der Waals surface area (Å²) in [7, 11) is 1.95. The molecule has 1 aromatic carbocycles. The molecular formula is C17H19ClN4S. The molecular weight excluding hydrogens is 328 g/mol. The number of nitrogens with one attached hydrogen (secondary N) is 1. The lowest BCUT2D eigenvalue weighted by molar-refractivity contribution is 0.575. The molecule has 0 radical (unpaired) electrons. The molecule has 23 heavy (non-hydrogen) atoms. The van der Waals surface area contributed by atoms with Gasteiger partial charge in [-0.2, -0.15) is 5.10 Å². The van der Waals surface area contributed by atoms with Gasteiger partial charge in [-0.1, -0.05) is 23.7 Å². The summed E-state index contributed by atoms with van der Waals surface area (Å²) in [5.41, 5.74) is 3.40. The van der Waals surface area contributed by atoms with Crippen LogP contribution in [0.2, 0.25) is 5.02 Å². The van der Waals surface area contributed by atoms with Gasteiger partial charge in [0.25, 0.3) is 0 Å². The molecule has 0 aliphatic heterocycles. The maximum absolute atomic E-state index is 5.93. The molecule has 4 nitrogen and oxygen atoms in total. The molecule has 3 rings (SSSR count). The molecule has 0 bridgehead atoms. The molecule has 0 fully saturated rings. The van der Waals surface area contributed by atoms with Gasteiger partial charge >= 0.3 is 0 Å². The highest BCUT2D eigenvalue weighted by Gasteiger charge is 2.12. The minimum Gasteiger partial charge on any atom is -0.305 e. The third-order valence-electron chi connectivity index (χ3n) is 3.75. The second kappa shape index (κ2) is 6.83. The Kier molecular flexibility index (Phi) is 4.80. The average molecular weight is 347 g/mol. The van der Waals surface area contributed by atoms with Gasteiger partial charge < -0.3 is 5.32 Å². The Morgan fingerprint density at radius 1 is 1.30 bits per heavy atom. The first-order valence-electron chi connectivity index (χ1n) is 7.47. The van der Waals surface area contributed by atoms with Crippen LogP contribution in [0.15, 0.2) is 36.7 Å². The molecule has 0 aliphatic carbocycles. The maximum Gasteiger partial charge on any atom is 0.123 e. The van der Waals surface area contributed by atoms with Crippen LogP contribution < -0.4 is 5.32 Å². The van der Waals surface area contributed by atoms with Crippen molar-refractivity contribution in [3.05, 3.63) is 57.8 Å². The van der Waals surface area contributed by atoms with E-state index in [-0.39, 0.29) is 6.04 Å². The van der Waals surface area contributed by atoms with Crippen molar-refractivity contribution in [2.24, 2.45) is 7.05 Å². The van der Waals surface area contributed by atoms with Gasteiger partial charge in [-0.3, -0.25) is 4.68 Å². The van der Waals surface area contributed by atoms with E-state index in [1.165, 1.54) is 10.4 Å². The molecule has 0 aliphatic rings. The van der Waals surface area contributed by atoms with Crippen LogP contribution in [0.1, 0.15) is 29.1 Å². The van der Waals surface area contributed by atoms with E-state index in [1.54, 1.807) is 11.3 Å². The number of hydrogen-bond acceptors (Lipinski definition) is 4. The van der Waals surface area contributed by atoms with Gasteiger partial charge in [0, 0.05) is 53.1 Å². The number of hydrogen-bond donors (Lipinski definition) is 1. The fourth-order valence-corrected chi connectivity index (χ4v) is 3.52. The Morgan fingerprint density at radius 3 is 2.70 bits per heavy atom. The van der Waals surface area contributed by atoms with Crippen LogP contribution in [0.4, 0.5) is 0 Å². The Balaban J connectivity index is 1.65. The van der Waals surface area contributed by atoms with Crippen molar-refractivity contribution in [2.75, 3.05) is 0 Å². The predicted molar refractivity (Wildman–Crippen MR) is 95.8 cm³/mol.